The summed E-state index contributed by atoms with van der Waals surface area (Å²) in [6, 6.07) is 4.92. The SMILES string of the molecule is CCCCOC(=O)CC(N)c1cc(OC)cc(OC)c1. The predicted octanol–water partition coefficient (Wildman–Crippen LogP) is 2.44. The van der Waals surface area contributed by atoms with Crippen LogP contribution in [0.25, 0.3) is 0 Å². The van der Waals surface area contributed by atoms with E-state index in [2.05, 4.69) is 0 Å². The van der Waals surface area contributed by atoms with Crippen molar-refractivity contribution >= 4 is 5.97 Å². The molecule has 2 N–H and O–H groups in total. The van der Waals surface area contributed by atoms with Gasteiger partial charge in [0, 0.05) is 12.1 Å². The van der Waals surface area contributed by atoms with Gasteiger partial charge in [0.05, 0.1) is 27.2 Å². The minimum atomic E-state index is -0.437. The van der Waals surface area contributed by atoms with Gasteiger partial charge in [-0.3, -0.25) is 4.79 Å². The summed E-state index contributed by atoms with van der Waals surface area (Å²) in [4.78, 5) is 11.6. The molecule has 5 nitrogen and oxygen atoms in total. The number of unbranched alkanes of at least 4 members (excludes halogenated alkanes) is 1. The number of carbonyl (C=O) groups excluding carboxylic acids is 1. The molecule has 1 atom stereocenters. The van der Waals surface area contributed by atoms with Gasteiger partial charge < -0.3 is 19.9 Å². The Morgan fingerprint density at radius 3 is 2.30 bits per heavy atom. The minimum absolute atomic E-state index is 0.139. The Kier molecular flexibility index (Phi) is 6.87. The molecule has 0 heterocycles. The topological polar surface area (TPSA) is 70.8 Å². The van der Waals surface area contributed by atoms with Crippen LogP contribution in [0.3, 0.4) is 0 Å². The summed E-state index contributed by atoms with van der Waals surface area (Å²) < 4.78 is 15.5. The van der Waals surface area contributed by atoms with Gasteiger partial charge in [0.15, 0.2) is 0 Å². The lowest BCUT2D eigenvalue weighted by Crippen LogP contribution is -2.17. The highest BCUT2D eigenvalue weighted by Gasteiger charge is 2.15. The molecule has 20 heavy (non-hydrogen) atoms. The molecule has 0 aliphatic rings. The third-order valence-corrected chi connectivity index (χ3v) is 2.95. The third kappa shape index (κ3) is 5.09. The Morgan fingerprint density at radius 2 is 1.80 bits per heavy atom. The lowest BCUT2D eigenvalue weighted by atomic mass is 10.0. The molecule has 0 aromatic heterocycles. The zero-order valence-electron chi connectivity index (χ0n) is 12.3. The molecule has 1 rings (SSSR count). The maximum absolute atomic E-state index is 11.6. The van der Waals surface area contributed by atoms with Crippen molar-refractivity contribution in [1.82, 2.24) is 0 Å². The molecule has 1 unspecified atom stereocenters. The smallest absolute Gasteiger partial charge is 0.307 e. The molecule has 0 bridgehead atoms. The Labute approximate surface area is 120 Å². The van der Waals surface area contributed by atoms with E-state index in [1.807, 2.05) is 6.92 Å². The second-order valence-electron chi connectivity index (χ2n) is 4.53. The maximum Gasteiger partial charge on any atom is 0.307 e. The van der Waals surface area contributed by atoms with Crippen molar-refractivity contribution in [3.05, 3.63) is 23.8 Å². The summed E-state index contributed by atoms with van der Waals surface area (Å²) in [5.74, 6) is 1.01. The summed E-state index contributed by atoms with van der Waals surface area (Å²) in [6.07, 6.45) is 2.00. The van der Waals surface area contributed by atoms with Crippen LogP contribution in [0.15, 0.2) is 18.2 Å². The number of nitrogens with two attached hydrogens (primary N) is 1. The van der Waals surface area contributed by atoms with Crippen LogP contribution in [0.1, 0.15) is 37.8 Å². The summed E-state index contributed by atoms with van der Waals surface area (Å²) >= 11 is 0. The first-order chi connectivity index (χ1) is 9.60. The van der Waals surface area contributed by atoms with Crippen molar-refractivity contribution in [3.63, 3.8) is 0 Å². The van der Waals surface area contributed by atoms with Gasteiger partial charge in [0.1, 0.15) is 11.5 Å². The molecule has 0 saturated heterocycles. The molecule has 0 aliphatic heterocycles. The van der Waals surface area contributed by atoms with Gasteiger partial charge in [-0.25, -0.2) is 0 Å². The number of ether oxygens (including phenoxy) is 3. The van der Waals surface area contributed by atoms with Crippen molar-refractivity contribution in [2.45, 2.75) is 32.2 Å². The molecule has 0 spiro atoms. The first-order valence-corrected chi connectivity index (χ1v) is 6.74. The third-order valence-electron chi connectivity index (χ3n) is 2.95. The van der Waals surface area contributed by atoms with Gasteiger partial charge in [-0.2, -0.15) is 0 Å². The molecule has 0 amide bonds. The number of esters is 1. The second kappa shape index (κ2) is 8.43. The van der Waals surface area contributed by atoms with Gasteiger partial charge in [0.25, 0.3) is 0 Å². The van der Waals surface area contributed by atoms with Gasteiger partial charge in [0.2, 0.25) is 0 Å². The first kappa shape index (κ1) is 16.3. The van der Waals surface area contributed by atoms with Crippen LogP contribution >= 0.6 is 0 Å². The van der Waals surface area contributed by atoms with Crippen molar-refractivity contribution in [1.29, 1.82) is 0 Å². The minimum Gasteiger partial charge on any atom is -0.497 e. The average molecular weight is 281 g/mol. The van der Waals surface area contributed by atoms with Crippen molar-refractivity contribution < 1.29 is 19.0 Å². The van der Waals surface area contributed by atoms with Crippen molar-refractivity contribution in [2.75, 3.05) is 20.8 Å². The standard InChI is InChI=1S/C15H23NO4/c1-4-5-6-20-15(17)10-14(16)11-7-12(18-2)9-13(8-11)19-3/h7-9,14H,4-6,10,16H2,1-3H3. The number of carbonyl (C=O) groups is 1. The molecule has 1 aromatic rings. The fourth-order valence-electron chi connectivity index (χ4n) is 1.73. The lowest BCUT2D eigenvalue weighted by Gasteiger charge is -2.14. The number of benzene rings is 1. The number of hydrogen-bond acceptors (Lipinski definition) is 5. The Balaban J connectivity index is 2.66. The molecule has 1 aromatic carbocycles. The van der Waals surface area contributed by atoms with Crippen molar-refractivity contribution in [3.8, 4) is 11.5 Å². The van der Waals surface area contributed by atoms with Crippen LogP contribution in [0.4, 0.5) is 0 Å². The molecule has 5 heteroatoms. The highest BCUT2D eigenvalue weighted by molar-refractivity contribution is 5.70. The molecular weight excluding hydrogens is 258 g/mol. The van der Waals surface area contributed by atoms with Crippen LogP contribution in [0.2, 0.25) is 0 Å². The normalized spacial score (nSPS) is 11.8. The van der Waals surface area contributed by atoms with Gasteiger partial charge >= 0.3 is 5.97 Å². The quantitative estimate of drug-likeness (QED) is 0.585. The first-order valence-electron chi connectivity index (χ1n) is 6.74. The fourth-order valence-corrected chi connectivity index (χ4v) is 1.73. The highest BCUT2D eigenvalue weighted by atomic mass is 16.5. The molecule has 112 valence electrons. The highest BCUT2D eigenvalue weighted by Crippen LogP contribution is 2.26. The molecule has 0 aliphatic carbocycles. The average Bonchev–Trinajstić information content (AvgIpc) is 2.46. The second-order valence-corrected chi connectivity index (χ2v) is 4.53. The van der Waals surface area contributed by atoms with Gasteiger partial charge in [-0.1, -0.05) is 13.3 Å². The number of rotatable bonds is 8. The Bertz CT molecular complexity index is 412. The van der Waals surface area contributed by atoms with E-state index >= 15 is 0 Å². The zero-order valence-corrected chi connectivity index (χ0v) is 12.3. The zero-order chi connectivity index (χ0) is 15.0. The summed E-state index contributed by atoms with van der Waals surface area (Å²) in [7, 11) is 3.15. The summed E-state index contributed by atoms with van der Waals surface area (Å²) in [5.41, 5.74) is 6.82. The van der Waals surface area contributed by atoms with Crippen LogP contribution in [0.5, 0.6) is 11.5 Å². The van der Waals surface area contributed by atoms with E-state index in [1.54, 1.807) is 32.4 Å². The lowest BCUT2D eigenvalue weighted by molar-refractivity contribution is -0.144. The monoisotopic (exact) mass is 281 g/mol. The molecule has 0 saturated carbocycles. The van der Waals surface area contributed by atoms with E-state index in [0.717, 1.165) is 18.4 Å². The summed E-state index contributed by atoms with van der Waals surface area (Å²) in [5, 5.41) is 0. The van der Waals surface area contributed by atoms with Crippen LogP contribution in [0, 0.1) is 0 Å². The van der Waals surface area contributed by atoms with E-state index in [4.69, 9.17) is 19.9 Å². The van der Waals surface area contributed by atoms with Crippen LogP contribution in [-0.2, 0) is 9.53 Å². The van der Waals surface area contributed by atoms with Crippen LogP contribution in [-0.4, -0.2) is 26.8 Å². The Morgan fingerprint density at radius 1 is 1.20 bits per heavy atom. The van der Waals surface area contributed by atoms with Crippen LogP contribution < -0.4 is 15.2 Å². The van der Waals surface area contributed by atoms with E-state index in [0.29, 0.717) is 18.1 Å². The largest absolute Gasteiger partial charge is 0.497 e. The van der Waals surface area contributed by atoms with E-state index in [9.17, 15) is 4.79 Å². The van der Waals surface area contributed by atoms with Gasteiger partial charge in [-0.05, 0) is 24.1 Å². The van der Waals surface area contributed by atoms with Gasteiger partial charge in [-0.15, -0.1) is 0 Å². The molecule has 0 radical (unpaired) electrons. The number of methoxy groups -OCH3 is 2. The number of hydrogen-bond donors (Lipinski definition) is 1. The maximum atomic E-state index is 11.6. The predicted molar refractivity (Wildman–Crippen MR) is 77.0 cm³/mol. The summed E-state index contributed by atoms with van der Waals surface area (Å²) in [6.45, 7) is 2.49. The molecular formula is C15H23NO4. The fraction of sp³-hybridized carbons (Fsp3) is 0.533. The van der Waals surface area contributed by atoms with Crippen molar-refractivity contribution in [2.24, 2.45) is 5.73 Å². The van der Waals surface area contributed by atoms with E-state index in [1.165, 1.54) is 0 Å². The van der Waals surface area contributed by atoms with E-state index < -0.39 is 6.04 Å². The Hall–Kier alpha value is -1.75. The molecule has 0 fully saturated rings. The van der Waals surface area contributed by atoms with E-state index in [-0.39, 0.29) is 12.4 Å².